The Morgan fingerprint density at radius 2 is 1.50 bits per heavy atom. The van der Waals surface area contributed by atoms with E-state index in [0.29, 0.717) is 16.9 Å². The van der Waals surface area contributed by atoms with Gasteiger partial charge in [-0.1, -0.05) is 58.0 Å². The Morgan fingerprint density at radius 1 is 0.958 bits per heavy atom. The fraction of sp³-hybridized carbons (Fsp3) is 0.286. The Morgan fingerprint density at radius 3 is 2.00 bits per heavy atom. The molecular weight excluding hydrogens is 298 g/mol. The lowest BCUT2D eigenvalue weighted by atomic mass is 9.84. The number of rotatable bonds is 4. The van der Waals surface area contributed by atoms with E-state index in [1.165, 1.54) is 6.08 Å². The SMILES string of the molecule is CC(C)C1=CC(=NC(=O)/C=C/c2ccccc2)C=C(C(C)C)C1=O. The first-order valence-electron chi connectivity index (χ1n) is 8.22. The summed E-state index contributed by atoms with van der Waals surface area (Å²) >= 11 is 0. The van der Waals surface area contributed by atoms with E-state index in [1.54, 1.807) is 18.2 Å². The first-order chi connectivity index (χ1) is 11.4. The van der Waals surface area contributed by atoms with Crippen LogP contribution >= 0.6 is 0 Å². The molecule has 0 N–H and O–H groups in total. The lowest BCUT2D eigenvalue weighted by Crippen LogP contribution is -2.21. The van der Waals surface area contributed by atoms with Crippen molar-refractivity contribution in [2.24, 2.45) is 16.8 Å². The molecule has 0 aliphatic heterocycles. The number of amides is 1. The summed E-state index contributed by atoms with van der Waals surface area (Å²) in [6.07, 6.45) is 6.64. The van der Waals surface area contributed by atoms with E-state index in [4.69, 9.17) is 0 Å². The predicted octanol–water partition coefficient (Wildman–Crippen LogP) is 4.41. The highest BCUT2D eigenvalue weighted by Crippen LogP contribution is 2.25. The van der Waals surface area contributed by atoms with Crippen LogP contribution in [0.4, 0.5) is 0 Å². The van der Waals surface area contributed by atoms with Crippen LogP contribution in [0, 0.1) is 11.8 Å². The molecule has 0 radical (unpaired) electrons. The molecule has 0 saturated carbocycles. The summed E-state index contributed by atoms with van der Waals surface area (Å²) in [5.41, 5.74) is 2.91. The van der Waals surface area contributed by atoms with Crippen LogP contribution < -0.4 is 0 Å². The average Bonchev–Trinajstić information content (AvgIpc) is 2.55. The number of allylic oxidation sites excluding steroid dienone is 4. The molecule has 0 bridgehead atoms. The fourth-order valence-corrected chi connectivity index (χ4v) is 2.48. The van der Waals surface area contributed by atoms with Gasteiger partial charge in [0.1, 0.15) is 0 Å². The Kier molecular flexibility index (Phi) is 5.80. The van der Waals surface area contributed by atoms with Crippen molar-refractivity contribution in [3.05, 3.63) is 65.3 Å². The minimum atomic E-state index is -0.332. The fourth-order valence-electron chi connectivity index (χ4n) is 2.48. The van der Waals surface area contributed by atoms with E-state index in [0.717, 1.165) is 5.56 Å². The van der Waals surface area contributed by atoms with Crippen LogP contribution in [-0.2, 0) is 9.59 Å². The zero-order valence-electron chi connectivity index (χ0n) is 14.6. The van der Waals surface area contributed by atoms with Crippen molar-refractivity contribution in [2.75, 3.05) is 0 Å². The number of hydrogen-bond donors (Lipinski definition) is 0. The summed E-state index contributed by atoms with van der Waals surface area (Å²) in [5, 5.41) is 0. The molecule has 24 heavy (non-hydrogen) atoms. The van der Waals surface area contributed by atoms with E-state index < -0.39 is 0 Å². The Labute approximate surface area is 143 Å². The number of carbonyl (C=O) groups excluding carboxylic acids is 2. The molecule has 0 atom stereocenters. The molecule has 3 nitrogen and oxygen atoms in total. The van der Waals surface area contributed by atoms with E-state index in [9.17, 15) is 9.59 Å². The topological polar surface area (TPSA) is 46.5 Å². The normalized spacial score (nSPS) is 15.1. The lowest BCUT2D eigenvalue weighted by Gasteiger charge is -2.19. The van der Waals surface area contributed by atoms with E-state index in [2.05, 4.69) is 4.99 Å². The van der Waals surface area contributed by atoms with Gasteiger partial charge in [-0.25, -0.2) is 4.99 Å². The van der Waals surface area contributed by atoms with Crippen LogP contribution in [0.15, 0.2) is 64.7 Å². The minimum absolute atomic E-state index is 0.0613. The third-order valence-corrected chi connectivity index (χ3v) is 3.83. The molecule has 0 saturated heterocycles. The van der Waals surface area contributed by atoms with Crippen molar-refractivity contribution in [2.45, 2.75) is 27.7 Å². The minimum Gasteiger partial charge on any atom is -0.289 e. The molecular formula is C21H23NO2. The molecule has 0 fully saturated rings. The van der Waals surface area contributed by atoms with E-state index in [1.807, 2.05) is 58.0 Å². The second kappa shape index (κ2) is 7.82. The smallest absolute Gasteiger partial charge is 0.270 e. The van der Waals surface area contributed by atoms with Crippen molar-refractivity contribution in [1.82, 2.24) is 0 Å². The summed E-state index contributed by atoms with van der Waals surface area (Å²) in [6, 6.07) is 9.60. The van der Waals surface area contributed by atoms with Crippen molar-refractivity contribution in [1.29, 1.82) is 0 Å². The molecule has 1 aromatic rings. The summed E-state index contributed by atoms with van der Waals surface area (Å²) in [6.45, 7) is 7.90. The molecule has 0 heterocycles. The molecule has 2 rings (SSSR count). The van der Waals surface area contributed by atoms with Gasteiger partial charge >= 0.3 is 0 Å². The van der Waals surface area contributed by atoms with Gasteiger partial charge in [0.05, 0.1) is 5.71 Å². The monoisotopic (exact) mass is 321 g/mol. The highest BCUT2D eigenvalue weighted by Gasteiger charge is 2.24. The Hall–Kier alpha value is -2.55. The van der Waals surface area contributed by atoms with Crippen LogP contribution in [0.2, 0.25) is 0 Å². The Balaban J connectivity index is 2.27. The highest BCUT2D eigenvalue weighted by atomic mass is 16.1. The average molecular weight is 321 g/mol. The summed E-state index contributed by atoms with van der Waals surface area (Å²) in [4.78, 5) is 28.7. The summed E-state index contributed by atoms with van der Waals surface area (Å²) in [5.74, 6) is -0.0756. The van der Waals surface area contributed by atoms with Crippen LogP contribution in [0.1, 0.15) is 33.3 Å². The standard InChI is InChI=1S/C21H23NO2/c1-14(2)18-12-17(13-19(15(3)4)21(18)24)22-20(23)11-10-16-8-6-5-7-9-16/h5-15H,1-4H3/b11-10+. The van der Waals surface area contributed by atoms with Crippen molar-refractivity contribution >= 4 is 23.5 Å². The number of benzene rings is 1. The molecule has 0 unspecified atom stereocenters. The van der Waals surface area contributed by atoms with Gasteiger partial charge in [-0.15, -0.1) is 0 Å². The largest absolute Gasteiger partial charge is 0.289 e. The van der Waals surface area contributed by atoms with Crippen LogP contribution in [0.3, 0.4) is 0 Å². The maximum atomic E-state index is 12.5. The van der Waals surface area contributed by atoms with Gasteiger partial charge in [0, 0.05) is 17.2 Å². The number of nitrogens with zero attached hydrogens (tertiary/aromatic N) is 1. The number of ketones is 1. The number of Topliss-reactive ketones (excluding diaryl/α,β-unsaturated/α-hetero) is 1. The van der Waals surface area contributed by atoms with Crippen LogP contribution in [-0.4, -0.2) is 17.4 Å². The molecule has 0 aromatic heterocycles. The first-order valence-corrected chi connectivity index (χ1v) is 8.22. The van der Waals surface area contributed by atoms with Crippen LogP contribution in [0.25, 0.3) is 6.08 Å². The van der Waals surface area contributed by atoms with Gasteiger partial charge in [0.15, 0.2) is 5.78 Å². The van der Waals surface area contributed by atoms with Crippen LogP contribution in [0.5, 0.6) is 0 Å². The maximum Gasteiger partial charge on any atom is 0.270 e. The molecule has 1 aliphatic rings. The van der Waals surface area contributed by atoms with Crippen molar-refractivity contribution in [3.63, 3.8) is 0 Å². The summed E-state index contributed by atoms with van der Waals surface area (Å²) in [7, 11) is 0. The first kappa shape index (κ1) is 17.8. The lowest BCUT2D eigenvalue weighted by molar-refractivity contribution is -0.114. The van der Waals surface area contributed by atoms with Gasteiger partial charge < -0.3 is 0 Å². The van der Waals surface area contributed by atoms with Gasteiger partial charge in [0.25, 0.3) is 5.91 Å². The second-order valence-electron chi connectivity index (χ2n) is 6.46. The zero-order chi connectivity index (χ0) is 17.7. The third kappa shape index (κ3) is 4.48. The molecule has 1 amide bonds. The number of carbonyl (C=O) groups is 2. The molecule has 124 valence electrons. The molecule has 0 spiro atoms. The van der Waals surface area contributed by atoms with Gasteiger partial charge in [0.2, 0.25) is 0 Å². The van der Waals surface area contributed by atoms with Gasteiger partial charge in [-0.3, -0.25) is 9.59 Å². The maximum absolute atomic E-state index is 12.5. The molecule has 1 aliphatic carbocycles. The zero-order valence-corrected chi connectivity index (χ0v) is 14.6. The molecule has 3 heteroatoms. The van der Waals surface area contributed by atoms with E-state index in [-0.39, 0.29) is 23.5 Å². The predicted molar refractivity (Wildman–Crippen MR) is 98.8 cm³/mol. The second-order valence-corrected chi connectivity index (χ2v) is 6.46. The quantitative estimate of drug-likeness (QED) is 0.609. The summed E-state index contributed by atoms with van der Waals surface area (Å²) < 4.78 is 0. The van der Waals surface area contributed by atoms with E-state index >= 15 is 0 Å². The van der Waals surface area contributed by atoms with Gasteiger partial charge in [-0.2, -0.15) is 0 Å². The van der Waals surface area contributed by atoms with Crippen molar-refractivity contribution < 1.29 is 9.59 Å². The van der Waals surface area contributed by atoms with Gasteiger partial charge in [-0.05, 0) is 35.6 Å². The Bertz CT molecular complexity index is 717. The molecule has 1 aromatic carbocycles. The highest BCUT2D eigenvalue weighted by molar-refractivity contribution is 6.24. The van der Waals surface area contributed by atoms with Crippen molar-refractivity contribution in [3.8, 4) is 0 Å². The number of hydrogen-bond acceptors (Lipinski definition) is 2. The number of aliphatic imine (C=N–C) groups is 1. The third-order valence-electron chi connectivity index (χ3n) is 3.83.